The minimum atomic E-state index is 0.583. The number of hydrogen-bond donors (Lipinski definition) is 0. The van der Waals surface area contributed by atoms with Gasteiger partial charge in [0.2, 0.25) is 0 Å². The van der Waals surface area contributed by atoms with E-state index in [1.807, 2.05) is 48.5 Å². The molecule has 0 N–H and O–H groups in total. The van der Waals surface area contributed by atoms with Crippen LogP contribution in [0.3, 0.4) is 0 Å². The molecule has 0 atom stereocenters. The van der Waals surface area contributed by atoms with Crippen LogP contribution in [0.15, 0.2) is 57.5 Å². The van der Waals surface area contributed by atoms with E-state index in [1.165, 1.54) is 0 Å². The number of halogens is 3. The summed E-state index contributed by atoms with van der Waals surface area (Å²) in [6.45, 7) is 1.24. The minimum Gasteiger partial charge on any atom is -0.494 e. The van der Waals surface area contributed by atoms with Gasteiger partial charge in [-0.1, -0.05) is 22.3 Å². The molecule has 0 saturated heterocycles. The molecule has 0 amide bonds. The molecule has 2 aromatic heterocycles. The van der Waals surface area contributed by atoms with Gasteiger partial charge in [0.25, 0.3) is 0 Å². The second-order valence-corrected chi connectivity index (χ2v) is 11.0. The topological polar surface area (TPSA) is 70.0 Å². The first-order valence-corrected chi connectivity index (χ1v) is 15.1. The Kier molecular flexibility index (Phi) is 8.74. The Morgan fingerprint density at radius 2 is 1.14 bits per heavy atom. The van der Waals surface area contributed by atoms with Crippen molar-refractivity contribution in [2.24, 2.45) is 0 Å². The molecular weight excluding hydrogens is 683 g/mol. The summed E-state index contributed by atoms with van der Waals surface area (Å²) < 4.78 is 22.1. The predicted octanol–water partition coefficient (Wildman–Crippen LogP) is 8.01. The smallest absolute Gasteiger partial charge is 0.122 e. The highest BCUT2D eigenvalue weighted by Crippen LogP contribution is 2.40. The number of hydrogen-bond acceptors (Lipinski definition) is 7. The summed E-state index contributed by atoms with van der Waals surface area (Å²) >= 11 is 12.0. The fraction of sp³-hybridized carbons (Fsp3) is 0.231. The first kappa shape index (κ1) is 26.5. The van der Waals surface area contributed by atoms with Crippen LogP contribution in [0.5, 0.6) is 11.5 Å². The van der Waals surface area contributed by atoms with Crippen LogP contribution in [0.2, 0.25) is 6.32 Å². The van der Waals surface area contributed by atoms with Crippen LogP contribution in [-0.2, 0) is 0 Å². The molecule has 5 rings (SSSR count). The van der Waals surface area contributed by atoms with Crippen LogP contribution in [0, 0.1) is 0 Å². The summed E-state index contributed by atoms with van der Waals surface area (Å²) in [5.41, 5.74) is 6.30. The van der Waals surface area contributed by atoms with Gasteiger partial charge in [-0.25, -0.2) is 9.97 Å². The Labute approximate surface area is 245 Å². The molecule has 0 aliphatic carbocycles. The lowest BCUT2D eigenvalue weighted by atomic mass is 10.0. The van der Waals surface area contributed by atoms with Crippen molar-refractivity contribution in [3.8, 4) is 34.0 Å². The van der Waals surface area contributed by atoms with Gasteiger partial charge in [-0.3, -0.25) is 0 Å². The SMILES string of the molecule is [B]CCCOc1ccc(-c2nc3c(Br)c4nsnc4c(Br)c3nc2-c2ccc(OCCCBr)cc2)cc1. The third-order valence-electron chi connectivity index (χ3n) is 5.64. The summed E-state index contributed by atoms with van der Waals surface area (Å²) in [5.74, 6) is 1.61. The highest BCUT2D eigenvalue weighted by atomic mass is 79.9. The normalized spacial score (nSPS) is 11.3. The molecule has 0 unspecified atom stereocenters. The quantitative estimate of drug-likeness (QED) is 0.0835. The van der Waals surface area contributed by atoms with Gasteiger partial charge < -0.3 is 9.47 Å². The zero-order valence-electron chi connectivity index (χ0n) is 19.6. The number of rotatable bonds is 10. The van der Waals surface area contributed by atoms with Crippen LogP contribution < -0.4 is 9.47 Å². The lowest BCUT2D eigenvalue weighted by Gasteiger charge is -2.14. The highest BCUT2D eigenvalue weighted by Gasteiger charge is 2.21. The summed E-state index contributed by atoms with van der Waals surface area (Å²) in [5, 5.41) is 0.907. The predicted molar refractivity (Wildman–Crippen MR) is 161 cm³/mol. The van der Waals surface area contributed by atoms with Gasteiger partial charge in [0.1, 0.15) is 33.6 Å². The largest absolute Gasteiger partial charge is 0.494 e. The van der Waals surface area contributed by atoms with Crippen molar-refractivity contribution in [2.45, 2.75) is 19.2 Å². The minimum absolute atomic E-state index is 0.583. The molecule has 0 aliphatic rings. The van der Waals surface area contributed by atoms with Crippen molar-refractivity contribution in [1.82, 2.24) is 18.7 Å². The van der Waals surface area contributed by atoms with Gasteiger partial charge >= 0.3 is 0 Å². The third kappa shape index (κ3) is 5.69. The molecule has 3 aromatic carbocycles. The van der Waals surface area contributed by atoms with Crippen molar-refractivity contribution in [2.75, 3.05) is 18.5 Å². The fourth-order valence-corrected chi connectivity index (χ4v) is 5.91. The van der Waals surface area contributed by atoms with E-state index >= 15 is 0 Å². The summed E-state index contributed by atoms with van der Waals surface area (Å²) in [4.78, 5) is 10.2. The van der Waals surface area contributed by atoms with E-state index in [2.05, 4.69) is 56.5 Å². The molecule has 2 heterocycles. The first-order valence-electron chi connectivity index (χ1n) is 11.6. The standard InChI is InChI=1S/C26H20BBr3N4O2S/c27-11-1-13-35-17-7-3-15(4-8-17)21-22(16-5-9-18(10-6-16)36-14-2-12-28)32-24-20(30)26-25(33-37-34-26)19(29)23(24)31-21/h3-10H,1-2,11-14H2. The number of benzene rings is 3. The number of alkyl halides is 1. The average Bonchev–Trinajstić information content (AvgIpc) is 3.43. The van der Waals surface area contributed by atoms with E-state index < -0.39 is 0 Å². The average molecular weight is 703 g/mol. The Morgan fingerprint density at radius 1 is 0.676 bits per heavy atom. The van der Waals surface area contributed by atoms with Crippen molar-refractivity contribution in [3.05, 3.63) is 57.5 Å². The van der Waals surface area contributed by atoms with Gasteiger partial charge in [-0.15, -0.1) is 0 Å². The van der Waals surface area contributed by atoms with Gasteiger partial charge in [0.05, 0.1) is 53.1 Å². The Hall–Kier alpha value is -2.08. The summed E-state index contributed by atoms with van der Waals surface area (Å²) in [7, 11) is 5.58. The van der Waals surface area contributed by atoms with Crippen molar-refractivity contribution < 1.29 is 9.47 Å². The number of ether oxygens (including phenoxy) is 2. The lowest BCUT2D eigenvalue weighted by Crippen LogP contribution is -1.99. The first-order chi connectivity index (χ1) is 18.1. The van der Waals surface area contributed by atoms with Crippen LogP contribution in [0.1, 0.15) is 12.8 Å². The number of aromatic nitrogens is 4. The number of nitrogens with zero attached hydrogens (tertiary/aromatic N) is 4. The maximum Gasteiger partial charge on any atom is 0.122 e. The van der Waals surface area contributed by atoms with Gasteiger partial charge in [-0.2, -0.15) is 8.75 Å². The van der Waals surface area contributed by atoms with E-state index in [4.69, 9.17) is 27.3 Å². The highest BCUT2D eigenvalue weighted by molar-refractivity contribution is 9.11. The fourth-order valence-electron chi connectivity index (χ4n) is 3.78. The van der Waals surface area contributed by atoms with E-state index in [0.717, 1.165) is 83.9 Å². The molecule has 0 fully saturated rings. The van der Waals surface area contributed by atoms with E-state index in [9.17, 15) is 0 Å². The zero-order valence-corrected chi connectivity index (χ0v) is 25.2. The lowest BCUT2D eigenvalue weighted by molar-refractivity contribution is 0.317. The van der Waals surface area contributed by atoms with E-state index in [-0.39, 0.29) is 0 Å². The van der Waals surface area contributed by atoms with Crippen LogP contribution in [0.25, 0.3) is 44.6 Å². The molecule has 0 spiro atoms. The molecule has 11 heteroatoms. The van der Waals surface area contributed by atoms with Crippen molar-refractivity contribution >= 4 is 89.4 Å². The van der Waals surface area contributed by atoms with Crippen LogP contribution in [-0.4, -0.2) is 45.1 Å². The maximum absolute atomic E-state index is 5.83. The Morgan fingerprint density at radius 3 is 1.57 bits per heavy atom. The third-order valence-corrected chi connectivity index (χ3v) is 8.23. The summed E-state index contributed by atoms with van der Waals surface area (Å²) in [6.07, 6.45) is 2.35. The van der Waals surface area contributed by atoms with Gasteiger partial charge in [0, 0.05) is 16.5 Å². The van der Waals surface area contributed by atoms with Crippen LogP contribution in [0.4, 0.5) is 0 Å². The number of fused-ring (bicyclic) bond motifs is 2. The molecule has 2 radical (unpaired) electrons. The molecule has 0 saturated carbocycles. The Balaban J connectivity index is 1.62. The van der Waals surface area contributed by atoms with Gasteiger partial charge in [-0.05, 0) is 93.2 Å². The van der Waals surface area contributed by atoms with Crippen molar-refractivity contribution in [3.63, 3.8) is 0 Å². The van der Waals surface area contributed by atoms with Gasteiger partial charge in [0.15, 0.2) is 0 Å². The molecule has 0 bridgehead atoms. The summed E-state index contributed by atoms with van der Waals surface area (Å²) in [6, 6.07) is 15.8. The van der Waals surface area contributed by atoms with E-state index in [1.54, 1.807) is 0 Å². The van der Waals surface area contributed by atoms with Crippen LogP contribution >= 0.6 is 59.5 Å². The molecule has 5 aromatic rings. The second-order valence-electron chi connectivity index (χ2n) is 8.14. The van der Waals surface area contributed by atoms with Crippen molar-refractivity contribution in [1.29, 1.82) is 0 Å². The van der Waals surface area contributed by atoms with E-state index in [0.29, 0.717) is 30.6 Å². The Bertz CT molecular complexity index is 1420. The maximum atomic E-state index is 5.83. The molecule has 0 aliphatic heterocycles. The second kappa shape index (κ2) is 12.2. The molecule has 37 heavy (non-hydrogen) atoms. The zero-order chi connectivity index (χ0) is 25.8. The molecule has 186 valence electrons. The molecular formula is C26H20BBr3N4O2S. The molecule has 6 nitrogen and oxygen atoms in total. The monoisotopic (exact) mass is 700 g/mol.